The number of aromatic nitrogens is 1. The zero-order valence-electron chi connectivity index (χ0n) is 59.2. The summed E-state index contributed by atoms with van der Waals surface area (Å²) in [6.07, 6.45) is 0. The van der Waals surface area contributed by atoms with E-state index in [0.717, 1.165) is 45.2 Å². The van der Waals surface area contributed by atoms with Crippen LogP contribution in [-0.2, 0) is 16.2 Å². The molecule has 0 fully saturated rings. The number of para-hydroxylation sites is 2. The Bertz CT molecular complexity index is 6950. The zero-order valence-corrected chi connectivity index (χ0v) is 59.2. The molecule has 0 saturated carbocycles. The molecule has 3 spiro atoms. The molecular weight excluding hydrogens is 1310 g/mol. The summed E-state index contributed by atoms with van der Waals surface area (Å²) in [5.41, 5.74) is 45.8. The molecule has 2 aliphatic heterocycles. The molecule has 3 nitrogen and oxygen atoms in total. The number of rotatable bonds is 4. The summed E-state index contributed by atoms with van der Waals surface area (Å²) in [5.74, 6) is 0. The van der Waals surface area contributed by atoms with E-state index in [1.807, 2.05) is 0 Å². The Labute approximate surface area is 631 Å². The van der Waals surface area contributed by atoms with Gasteiger partial charge >= 0.3 is 0 Å². The Morgan fingerprint density at radius 2 is 0.615 bits per heavy atom. The van der Waals surface area contributed by atoms with Crippen molar-refractivity contribution in [3.05, 3.63) is 443 Å². The van der Waals surface area contributed by atoms with Crippen molar-refractivity contribution in [2.75, 3.05) is 9.80 Å². The first-order chi connectivity index (χ1) is 54.1. The summed E-state index contributed by atoms with van der Waals surface area (Å²) in [7, 11) is 0. The van der Waals surface area contributed by atoms with Crippen molar-refractivity contribution in [3.63, 3.8) is 0 Å². The highest BCUT2D eigenvalue weighted by molar-refractivity contribution is 7.01. The molecule has 0 N–H and O–H groups in total. The van der Waals surface area contributed by atoms with Crippen molar-refractivity contribution < 1.29 is 0 Å². The molecule has 4 heteroatoms. The maximum atomic E-state index is 2.76. The van der Waals surface area contributed by atoms with E-state index in [4.69, 9.17) is 0 Å². The van der Waals surface area contributed by atoms with Gasteiger partial charge in [-0.1, -0.05) is 322 Å². The largest absolute Gasteiger partial charge is 0.311 e. The molecule has 0 radical (unpaired) electrons. The van der Waals surface area contributed by atoms with Gasteiger partial charge in [0.1, 0.15) is 0 Å². The van der Waals surface area contributed by atoms with E-state index < -0.39 is 16.2 Å². The number of fused-ring (bicyclic) bond motifs is 38. The van der Waals surface area contributed by atoms with E-state index in [9.17, 15) is 0 Å². The quantitative estimate of drug-likeness (QED) is 0.163. The van der Waals surface area contributed by atoms with Crippen molar-refractivity contribution in [1.82, 2.24) is 4.57 Å². The smallest absolute Gasteiger partial charge is 0.252 e. The topological polar surface area (TPSA) is 11.4 Å². The zero-order chi connectivity index (χ0) is 70.7. The van der Waals surface area contributed by atoms with Gasteiger partial charge in [-0.15, -0.1) is 0 Å². The van der Waals surface area contributed by atoms with Crippen LogP contribution >= 0.6 is 0 Å². The Morgan fingerprint density at radius 1 is 0.211 bits per heavy atom. The van der Waals surface area contributed by atoms with Crippen LogP contribution in [0.15, 0.2) is 376 Å². The molecule has 1 aromatic heterocycles. The van der Waals surface area contributed by atoms with E-state index in [0.29, 0.717) is 0 Å². The number of hydrogen-bond acceptors (Lipinski definition) is 2. The standard InChI is InChI=1S/C105H62BN3/c1-2-27-63(28-3-1)64-53-57-94-91(59-64)106-101-97(61-66(108-92-50-24-13-37-76(92)77-38-14-25-51-93(77)108)62-98(101)109(94)95-52-26-40-78-74-36-11-22-48-87(74)105(100(78)95)85-46-20-9-33-71(85)72-34-10-21-47-86(72)105)107(65-54-55-75-73-35-8-19-45-84(73)104(90(75)60-65)82-43-17-6-31-69(82)70-32-7-18-44-83(70)104)96-58-56-89-99(102(96)106)79-39-12-23-49-88(79)103(89)80-41-15-4-29-67(80)68-30-5-16-42-81(68)103/h1-62H. The van der Waals surface area contributed by atoms with Crippen molar-refractivity contribution in [1.29, 1.82) is 0 Å². The molecule has 17 aromatic carbocycles. The minimum atomic E-state index is -0.679. The van der Waals surface area contributed by atoms with E-state index in [1.165, 1.54) is 177 Å². The molecule has 0 bridgehead atoms. The van der Waals surface area contributed by atoms with Crippen LogP contribution in [0, 0.1) is 0 Å². The lowest BCUT2D eigenvalue weighted by Crippen LogP contribution is -2.62. The van der Waals surface area contributed by atoms with Gasteiger partial charge in [0.15, 0.2) is 0 Å². The first-order valence-electron chi connectivity index (χ1n) is 38.4. The monoisotopic (exact) mass is 1380 g/mol. The van der Waals surface area contributed by atoms with Crippen molar-refractivity contribution in [3.8, 4) is 83.6 Å². The molecular formula is C105H62BN3. The molecule has 0 atom stereocenters. The summed E-state index contributed by atoms with van der Waals surface area (Å²) < 4.78 is 2.57. The lowest BCUT2D eigenvalue weighted by atomic mass is 9.32. The van der Waals surface area contributed by atoms with Gasteiger partial charge in [-0.25, -0.2) is 0 Å². The summed E-state index contributed by atoms with van der Waals surface area (Å²) in [5, 5.41) is 2.44. The number of nitrogens with zero attached hydrogens (tertiary/aromatic N) is 3. The third-order valence-corrected chi connectivity index (χ3v) is 26.6. The third-order valence-electron chi connectivity index (χ3n) is 26.6. The third kappa shape index (κ3) is 6.92. The molecule has 3 heterocycles. The Hall–Kier alpha value is -13.8. The summed E-state index contributed by atoms with van der Waals surface area (Å²) >= 11 is 0. The van der Waals surface area contributed by atoms with Gasteiger partial charge < -0.3 is 14.4 Å². The van der Waals surface area contributed by atoms with Gasteiger partial charge in [0, 0.05) is 44.8 Å². The van der Waals surface area contributed by atoms with Gasteiger partial charge in [0.2, 0.25) is 0 Å². The van der Waals surface area contributed by atoms with Crippen molar-refractivity contribution in [2.24, 2.45) is 0 Å². The van der Waals surface area contributed by atoms with Crippen LogP contribution in [0.3, 0.4) is 0 Å². The molecule has 8 aliphatic rings. The minimum Gasteiger partial charge on any atom is -0.311 e. The molecule has 26 rings (SSSR count). The maximum Gasteiger partial charge on any atom is 0.252 e. The van der Waals surface area contributed by atoms with Gasteiger partial charge in [-0.05, 0) is 210 Å². The fourth-order valence-electron chi connectivity index (χ4n) is 22.9. The van der Waals surface area contributed by atoms with E-state index in [1.54, 1.807) is 0 Å². The molecule has 500 valence electrons. The fourth-order valence-corrected chi connectivity index (χ4v) is 22.9. The normalized spacial score (nSPS) is 15.0. The highest BCUT2D eigenvalue weighted by atomic mass is 15.2. The van der Waals surface area contributed by atoms with Crippen LogP contribution in [0.4, 0.5) is 34.1 Å². The minimum absolute atomic E-state index is 0.308. The van der Waals surface area contributed by atoms with Crippen LogP contribution in [0.1, 0.15) is 66.8 Å². The second-order valence-corrected chi connectivity index (χ2v) is 31.0. The second kappa shape index (κ2) is 20.8. The van der Waals surface area contributed by atoms with Gasteiger partial charge in [0.25, 0.3) is 6.71 Å². The van der Waals surface area contributed by atoms with Crippen molar-refractivity contribution in [2.45, 2.75) is 16.2 Å². The Kier molecular flexibility index (Phi) is 11.2. The van der Waals surface area contributed by atoms with Crippen molar-refractivity contribution >= 4 is 79.0 Å². The van der Waals surface area contributed by atoms with E-state index in [2.05, 4.69) is 390 Å². The average molecular weight is 1380 g/mol. The number of benzene rings is 17. The molecule has 18 aromatic rings. The lowest BCUT2D eigenvalue weighted by Gasteiger charge is -2.46. The average Bonchev–Trinajstić information content (AvgIpc) is 1.55. The van der Waals surface area contributed by atoms with Crippen LogP contribution in [0.2, 0.25) is 0 Å². The summed E-state index contributed by atoms with van der Waals surface area (Å²) in [6, 6.07) is 146. The Morgan fingerprint density at radius 3 is 1.14 bits per heavy atom. The highest BCUT2D eigenvalue weighted by Crippen LogP contribution is 2.69. The van der Waals surface area contributed by atoms with Gasteiger partial charge in [-0.2, -0.15) is 0 Å². The van der Waals surface area contributed by atoms with Gasteiger partial charge in [0.05, 0.1) is 38.7 Å². The molecule has 0 saturated heterocycles. The SMILES string of the molecule is c1ccc(-c2ccc3c(c2)B2c4c(cc(-n5c6ccccc6c6ccccc65)cc4N3c3cccc4c3C3(c5ccccc5-c5ccccc53)c3ccccc3-4)N(c3ccc4c(c3)C3(c5ccccc5-c5ccccc53)c3ccccc3-4)c3ccc4c(c32)-c2ccccc2C42c3ccccc3-c3ccccc32)cc1. The fraction of sp³-hybridized carbons (Fsp3) is 0.0286. The molecule has 0 amide bonds. The predicted octanol–water partition coefficient (Wildman–Crippen LogP) is 23.6. The molecule has 6 aliphatic carbocycles. The van der Waals surface area contributed by atoms with Gasteiger partial charge in [-0.3, -0.25) is 0 Å². The number of hydrogen-bond donors (Lipinski definition) is 0. The first kappa shape index (κ1) is 58.5. The Balaban J connectivity index is 0.849. The lowest BCUT2D eigenvalue weighted by molar-refractivity contribution is 0.793. The van der Waals surface area contributed by atoms with E-state index in [-0.39, 0.29) is 6.71 Å². The van der Waals surface area contributed by atoms with E-state index >= 15 is 0 Å². The second-order valence-electron chi connectivity index (χ2n) is 31.0. The summed E-state index contributed by atoms with van der Waals surface area (Å²) in [6.45, 7) is -0.308. The van der Waals surface area contributed by atoms with Crippen LogP contribution < -0.4 is 26.2 Å². The highest BCUT2D eigenvalue weighted by Gasteiger charge is 2.59. The first-order valence-corrected chi connectivity index (χ1v) is 38.4. The van der Waals surface area contributed by atoms with Crippen LogP contribution in [0.25, 0.3) is 105 Å². The maximum absolute atomic E-state index is 2.76. The summed E-state index contributed by atoms with van der Waals surface area (Å²) in [4.78, 5) is 5.51. The van der Waals surface area contributed by atoms with Crippen LogP contribution in [0.5, 0.6) is 0 Å². The predicted molar refractivity (Wildman–Crippen MR) is 449 cm³/mol. The molecule has 0 unspecified atom stereocenters. The number of anilines is 6. The molecule has 109 heavy (non-hydrogen) atoms. The van der Waals surface area contributed by atoms with Crippen LogP contribution in [-0.4, -0.2) is 11.3 Å².